The number of esters is 2. The Morgan fingerprint density at radius 2 is 2.00 bits per heavy atom. The summed E-state index contributed by atoms with van der Waals surface area (Å²) in [4.78, 5) is 22.9. The van der Waals surface area contributed by atoms with Crippen LogP contribution in [-0.2, 0) is 14.3 Å². The first kappa shape index (κ1) is 17.2. The van der Waals surface area contributed by atoms with Crippen molar-refractivity contribution < 1.29 is 23.5 Å². The first-order chi connectivity index (χ1) is 9.93. The van der Waals surface area contributed by atoms with Gasteiger partial charge in [-0.25, -0.2) is 14.0 Å². The fraction of sp³-hybridized carbons (Fsp3) is 0.333. The average Bonchev–Trinajstić information content (AvgIpc) is 2.41. The highest BCUT2D eigenvalue weighted by Crippen LogP contribution is 2.27. The third kappa shape index (κ3) is 5.95. The van der Waals surface area contributed by atoms with Crippen LogP contribution in [0.25, 0.3) is 0 Å². The zero-order valence-corrected chi connectivity index (χ0v) is 12.5. The second-order valence-corrected chi connectivity index (χ2v) is 4.75. The summed E-state index contributed by atoms with van der Waals surface area (Å²) in [5.41, 5.74) is 0. The van der Waals surface area contributed by atoms with Crippen molar-refractivity contribution >= 4 is 23.5 Å². The van der Waals surface area contributed by atoms with Crippen LogP contribution in [0, 0.1) is 5.82 Å². The summed E-state index contributed by atoms with van der Waals surface area (Å²) in [6.45, 7) is 3.72. The molecule has 0 amide bonds. The molecule has 4 nitrogen and oxygen atoms in total. The molecule has 0 aliphatic carbocycles. The summed E-state index contributed by atoms with van der Waals surface area (Å²) in [5.74, 6) is -2.71. The summed E-state index contributed by atoms with van der Waals surface area (Å²) in [7, 11) is 0. The molecule has 0 saturated heterocycles. The van der Waals surface area contributed by atoms with E-state index in [0.717, 1.165) is 31.1 Å². The topological polar surface area (TPSA) is 52.6 Å². The summed E-state index contributed by atoms with van der Waals surface area (Å²) in [6.07, 6.45) is 3.18. The average molecular weight is 315 g/mol. The fourth-order valence-corrected chi connectivity index (χ4v) is 1.76. The van der Waals surface area contributed by atoms with E-state index in [1.165, 1.54) is 12.1 Å². The summed E-state index contributed by atoms with van der Waals surface area (Å²) >= 11 is 5.71. The molecule has 0 bridgehead atoms. The van der Waals surface area contributed by atoms with Gasteiger partial charge in [0.25, 0.3) is 0 Å². The van der Waals surface area contributed by atoms with Gasteiger partial charge in [0.2, 0.25) is 0 Å². The number of halogens is 2. The van der Waals surface area contributed by atoms with Crippen molar-refractivity contribution in [3.05, 3.63) is 41.2 Å². The van der Waals surface area contributed by atoms with Crippen LogP contribution < -0.4 is 4.74 Å². The normalized spacial score (nSPS) is 12.2. The van der Waals surface area contributed by atoms with Gasteiger partial charge >= 0.3 is 11.9 Å². The molecule has 0 aliphatic heterocycles. The van der Waals surface area contributed by atoms with Gasteiger partial charge in [-0.1, -0.05) is 31.0 Å². The van der Waals surface area contributed by atoms with Crippen LogP contribution in [-0.4, -0.2) is 18.0 Å². The lowest BCUT2D eigenvalue weighted by atomic mass is 10.2. The van der Waals surface area contributed by atoms with Crippen molar-refractivity contribution in [2.24, 2.45) is 0 Å². The third-order valence-electron chi connectivity index (χ3n) is 2.49. The highest BCUT2D eigenvalue weighted by molar-refractivity contribution is 6.32. The largest absolute Gasteiger partial charge is 0.460 e. The Bertz CT molecular complexity index is 522. The van der Waals surface area contributed by atoms with E-state index in [4.69, 9.17) is 21.1 Å². The predicted octanol–water partition coefficient (Wildman–Crippen LogP) is 3.67. The van der Waals surface area contributed by atoms with Gasteiger partial charge in [0.15, 0.2) is 11.6 Å². The van der Waals surface area contributed by atoms with E-state index in [-0.39, 0.29) is 16.9 Å². The van der Waals surface area contributed by atoms with Gasteiger partial charge in [-0.15, -0.1) is 0 Å². The first-order valence-electron chi connectivity index (χ1n) is 6.48. The van der Waals surface area contributed by atoms with Crippen molar-refractivity contribution in [1.29, 1.82) is 0 Å². The van der Waals surface area contributed by atoms with Crippen LogP contribution in [0.3, 0.4) is 0 Å². The fourth-order valence-electron chi connectivity index (χ4n) is 1.55. The van der Waals surface area contributed by atoms with Crippen molar-refractivity contribution in [3.8, 4) is 5.75 Å². The quantitative estimate of drug-likeness (QED) is 0.457. The summed E-state index contributed by atoms with van der Waals surface area (Å²) in [6, 6.07) is 3.88. The zero-order valence-electron chi connectivity index (χ0n) is 11.8. The van der Waals surface area contributed by atoms with Gasteiger partial charge in [-0.2, -0.15) is 0 Å². The van der Waals surface area contributed by atoms with E-state index >= 15 is 0 Å². The van der Waals surface area contributed by atoms with Crippen LogP contribution >= 0.6 is 11.6 Å². The van der Waals surface area contributed by atoms with Gasteiger partial charge in [0.1, 0.15) is 0 Å². The van der Waals surface area contributed by atoms with E-state index in [9.17, 15) is 14.0 Å². The molecule has 114 valence electrons. The van der Waals surface area contributed by atoms with Gasteiger partial charge < -0.3 is 9.47 Å². The maximum absolute atomic E-state index is 13.4. The smallest absolute Gasteiger partial charge is 0.336 e. The number of rotatable bonds is 6. The molecule has 1 aromatic rings. The van der Waals surface area contributed by atoms with Crippen LogP contribution in [0.15, 0.2) is 30.4 Å². The van der Waals surface area contributed by atoms with Crippen LogP contribution in [0.4, 0.5) is 4.39 Å². The molecule has 0 saturated carbocycles. The maximum atomic E-state index is 13.4. The predicted molar refractivity (Wildman–Crippen MR) is 76.6 cm³/mol. The first-order valence-corrected chi connectivity index (χ1v) is 6.86. The van der Waals surface area contributed by atoms with Gasteiger partial charge in [-0.3, -0.25) is 0 Å². The summed E-state index contributed by atoms with van der Waals surface area (Å²) in [5, 5.41) is -0.0316. The molecular weight excluding hydrogens is 299 g/mol. The number of hydrogen-bond acceptors (Lipinski definition) is 4. The second kappa shape index (κ2) is 8.42. The number of benzene rings is 1. The summed E-state index contributed by atoms with van der Waals surface area (Å²) < 4.78 is 23.1. The van der Waals surface area contributed by atoms with E-state index in [0.29, 0.717) is 0 Å². The molecule has 0 spiro atoms. The lowest BCUT2D eigenvalue weighted by molar-refractivity contribution is -0.142. The lowest BCUT2D eigenvalue weighted by Crippen LogP contribution is -2.13. The zero-order chi connectivity index (χ0) is 15.8. The Morgan fingerprint density at radius 3 is 2.62 bits per heavy atom. The van der Waals surface area contributed by atoms with E-state index in [1.54, 1.807) is 6.92 Å². The van der Waals surface area contributed by atoms with Crippen LogP contribution in [0.5, 0.6) is 5.75 Å². The highest BCUT2D eigenvalue weighted by atomic mass is 35.5. The second-order valence-electron chi connectivity index (χ2n) is 4.34. The molecule has 1 atom stereocenters. The van der Waals surface area contributed by atoms with Gasteiger partial charge in [-0.05, 0) is 25.5 Å². The Hall–Kier alpha value is -1.88. The molecule has 0 aromatic heterocycles. The lowest BCUT2D eigenvalue weighted by Gasteiger charge is -2.09. The molecule has 0 radical (unpaired) electrons. The van der Waals surface area contributed by atoms with Gasteiger partial charge in [0, 0.05) is 12.2 Å². The SMILES string of the molecule is CCCC(C)OC(=O)/C=C/C(=O)Oc1c(F)cccc1Cl. The molecule has 0 fully saturated rings. The van der Waals surface area contributed by atoms with Gasteiger partial charge in [0.05, 0.1) is 11.1 Å². The third-order valence-corrected chi connectivity index (χ3v) is 2.79. The Kier molecular flexibility index (Phi) is 6.88. The number of carbonyl (C=O) groups excluding carboxylic acids is 2. The van der Waals surface area contributed by atoms with Crippen molar-refractivity contribution in [3.63, 3.8) is 0 Å². The molecule has 1 rings (SSSR count). The van der Waals surface area contributed by atoms with Crippen LogP contribution in [0.2, 0.25) is 5.02 Å². The molecule has 0 N–H and O–H groups in total. The van der Waals surface area contributed by atoms with Crippen molar-refractivity contribution in [2.75, 3.05) is 0 Å². The number of carbonyl (C=O) groups is 2. The molecule has 6 heteroatoms. The van der Waals surface area contributed by atoms with Crippen LogP contribution in [0.1, 0.15) is 26.7 Å². The molecule has 1 aromatic carbocycles. The molecule has 1 unspecified atom stereocenters. The minimum atomic E-state index is -0.915. The van der Waals surface area contributed by atoms with E-state index < -0.39 is 17.8 Å². The molecule has 0 aliphatic rings. The minimum absolute atomic E-state index is 0.0316. The standard InChI is InChI=1S/C15H16ClFO4/c1-3-5-10(2)20-13(18)8-9-14(19)21-15-11(16)6-4-7-12(15)17/h4,6-10H,3,5H2,1-2H3/b9-8+. The molecule has 21 heavy (non-hydrogen) atoms. The monoisotopic (exact) mass is 314 g/mol. The number of para-hydroxylation sites is 1. The number of ether oxygens (including phenoxy) is 2. The minimum Gasteiger partial charge on any atom is -0.460 e. The number of hydrogen-bond donors (Lipinski definition) is 0. The molecule has 0 heterocycles. The Morgan fingerprint density at radius 1 is 1.33 bits per heavy atom. The maximum Gasteiger partial charge on any atom is 0.336 e. The molecular formula is C15H16ClFO4. The van der Waals surface area contributed by atoms with Crippen molar-refractivity contribution in [1.82, 2.24) is 0 Å². The Balaban J connectivity index is 2.57. The van der Waals surface area contributed by atoms with Crippen molar-refractivity contribution in [2.45, 2.75) is 32.8 Å². The van der Waals surface area contributed by atoms with E-state index in [1.807, 2.05) is 6.92 Å². The van der Waals surface area contributed by atoms with E-state index in [2.05, 4.69) is 0 Å². The highest BCUT2D eigenvalue weighted by Gasteiger charge is 2.12. The Labute approximate surface area is 127 Å².